The van der Waals surface area contributed by atoms with Crippen molar-refractivity contribution in [3.8, 4) is 11.5 Å². The fourth-order valence-electron chi connectivity index (χ4n) is 1.74. The lowest BCUT2D eigenvalue weighted by molar-refractivity contribution is 0.332. The zero-order valence-corrected chi connectivity index (χ0v) is 13.4. The van der Waals surface area contributed by atoms with Crippen molar-refractivity contribution in [1.82, 2.24) is 0 Å². The van der Waals surface area contributed by atoms with E-state index in [1.54, 1.807) is 17.8 Å². The molecule has 3 nitrogen and oxygen atoms in total. The van der Waals surface area contributed by atoms with E-state index in [9.17, 15) is 0 Å². The van der Waals surface area contributed by atoms with Gasteiger partial charge < -0.3 is 15.2 Å². The van der Waals surface area contributed by atoms with Gasteiger partial charge in [0.2, 0.25) is 0 Å². The summed E-state index contributed by atoms with van der Waals surface area (Å²) in [5, 5.41) is 0.682. The van der Waals surface area contributed by atoms with Crippen molar-refractivity contribution in [2.24, 2.45) is 0 Å². The molecule has 21 heavy (non-hydrogen) atoms. The molecule has 0 aliphatic heterocycles. The number of anilines is 1. The molecule has 2 aromatic rings. The molecule has 2 aromatic carbocycles. The van der Waals surface area contributed by atoms with Gasteiger partial charge in [0.1, 0.15) is 11.5 Å². The van der Waals surface area contributed by atoms with Crippen LogP contribution in [0.3, 0.4) is 0 Å². The summed E-state index contributed by atoms with van der Waals surface area (Å²) in [6, 6.07) is 13.2. The van der Waals surface area contributed by atoms with Crippen molar-refractivity contribution >= 4 is 29.1 Å². The third-order valence-electron chi connectivity index (χ3n) is 2.70. The Bertz CT molecular complexity index is 575. The van der Waals surface area contributed by atoms with Gasteiger partial charge in [0, 0.05) is 16.3 Å². The Morgan fingerprint density at radius 3 is 2.33 bits per heavy atom. The van der Waals surface area contributed by atoms with Gasteiger partial charge in [-0.2, -0.15) is 0 Å². The Morgan fingerprint density at radius 2 is 1.71 bits per heavy atom. The van der Waals surface area contributed by atoms with Gasteiger partial charge in [-0.1, -0.05) is 11.6 Å². The number of halogens is 1. The summed E-state index contributed by atoms with van der Waals surface area (Å²) in [7, 11) is 0. The monoisotopic (exact) mass is 323 g/mol. The van der Waals surface area contributed by atoms with Gasteiger partial charge in [-0.3, -0.25) is 0 Å². The highest BCUT2D eigenvalue weighted by Gasteiger charge is 2.02. The molecular weight excluding hydrogens is 306 g/mol. The molecule has 0 heterocycles. The molecule has 112 valence electrons. The van der Waals surface area contributed by atoms with Gasteiger partial charge in [-0.15, -0.1) is 11.8 Å². The molecule has 0 aromatic heterocycles. The van der Waals surface area contributed by atoms with Crippen molar-refractivity contribution in [1.29, 1.82) is 0 Å². The maximum Gasteiger partial charge on any atom is 0.119 e. The Labute approximate surface area is 134 Å². The average Bonchev–Trinajstić information content (AvgIpc) is 2.47. The fraction of sp³-hybridized carbons (Fsp3) is 0.250. The Kier molecular flexibility index (Phi) is 6.08. The van der Waals surface area contributed by atoms with Crippen LogP contribution in [0.25, 0.3) is 0 Å². The lowest BCUT2D eigenvalue weighted by atomic mass is 10.3. The van der Waals surface area contributed by atoms with Gasteiger partial charge in [-0.25, -0.2) is 0 Å². The lowest BCUT2D eigenvalue weighted by Gasteiger charge is -2.08. The standard InChI is InChI=1S/C16H18ClNO2S/c1-2-19-13-4-6-14(7-5-13)20-9-10-21-16-8-3-12(18)11-15(16)17/h3-8,11H,2,9-10,18H2,1H3. The van der Waals surface area contributed by atoms with Crippen LogP contribution in [0.5, 0.6) is 11.5 Å². The summed E-state index contributed by atoms with van der Waals surface area (Å²) < 4.78 is 11.1. The molecule has 2 rings (SSSR count). The summed E-state index contributed by atoms with van der Waals surface area (Å²) >= 11 is 7.77. The predicted octanol–water partition coefficient (Wildman–Crippen LogP) is 4.49. The molecule has 0 radical (unpaired) electrons. The smallest absolute Gasteiger partial charge is 0.119 e. The number of benzene rings is 2. The Hall–Kier alpha value is -1.52. The van der Waals surface area contributed by atoms with Crippen LogP contribution in [0.1, 0.15) is 6.92 Å². The second kappa shape index (κ2) is 8.05. The third-order valence-corrected chi connectivity index (χ3v) is 4.16. The summed E-state index contributed by atoms with van der Waals surface area (Å²) in [4.78, 5) is 1.01. The minimum atomic E-state index is 0.610. The fourth-order valence-corrected chi connectivity index (χ4v) is 2.84. The summed E-state index contributed by atoms with van der Waals surface area (Å²) in [5.74, 6) is 2.51. The first kappa shape index (κ1) is 15.9. The van der Waals surface area contributed by atoms with Crippen LogP contribution in [0.4, 0.5) is 5.69 Å². The predicted molar refractivity (Wildman–Crippen MR) is 89.7 cm³/mol. The molecule has 0 amide bonds. The van der Waals surface area contributed by atoms with Gasteiger partial charge in [0.25, 0.3) is 0 Å². The Balaban J connectivity index is 1.76. The number of ether oxygens (including phenoxy) is 2. The zero-order chi connectivity index (χ0) is 15.1. The number of nitrogens with two attached hydrogens (primary N) is 1. The molecule has 0 saturated carbocycles. The quantitative estimate of drug-likeness (QED) is 0.463. The summed E-state index contributed by atoms with van der Waals surface area (Å²) in [6.45, 7) is 3.24. The van der Waals surface area contributed by atoms with Crippen LogP contribution >= 0.6 is 23.4 Å². The molecule has 0 fully saturated rings. The maximum absolute atomic E-state index is 6.12. The van der Waals surface area contributed by atoms with Crippen LogP contribution in [0.15, 0.2) is 47.4 Å². The molecular formula is C16H18ClNO2S. The minimum absolute atomic E-state index is 0.610. The molecule has 0 aliphatic rings. The average molecular weight is 324 g/mol. The number of hydrogen-bond acceptors (Lipinski definition) is 4. The van der Waals surface area contributed by atoms with Gasteiger partial charge in [0.05, 0.1) is 18.2 Å². The Morgan fingerprint density at radius 1 is 1.05 bits per heavy atom. The first-order valence-corrected chi connectivity index (χ1v) is 8.09. The highest BCUT2D eigenvalue weighted by Crippen LogP contribution is 2.28. The van der Waals surface area contributed by atoms with E-state index >= 15 is 0 Å². The third kappa shape index (κ3) is 5.06. The van der Waals surface area contributed by atoms with E-state index in [-0.39, 0.29) is 0 Å². The van der Waals surface area contributed by atoms with Gasteiger partial charge in [0.15, 0.2) is 0 Å². The van der Waals surface area contributed by atoms with E-state index in [4.69, 9.17) is 26.8 Å². The van der Waals surface area contributed by atoms with E-state index in [1.807, 2.05) is 43.3 Å². The first-order valence-electron chi connectivity index (χ1n) is 6.72. The summed E-state index contributed by atoms with van der Waals surface area (Å²) in [6.07, 6.45) is 0. The van der Waals surface area contributed by atoms with Crippen molar-refractivity contribution in [3.63, 3.8) is 0 Å². The van der Waals surface area contributed by atoms with Crippen LogP contribution in [0, 0.1) is 0 Å². The van der Waals surface area contributed by atoms with Crippen molar-refractivity contribution in [3.05, 3.63) is 47.5 Å². The molecule has 0 unspecified atom stereocenters. The molecule has 0 saturated heterocycles. The van der Waals surface area contributed by atoms with Crippen LogP contribution in [-0.4, -0.2) is 19.0 Å². The maximum atomic E-state index is 6.12. The SMILES string of the molecule is CCOc1ccc(OCCSc2ccc(N)cc2Cl)cc1. The largest absolute Gasteiger partial charge is 0.494 e. The van der Waals surface area contributed by atoms with E-state index in [1.165, 1.54) is 0 Å². The minimum Gasteiger partial charge on any atom is -0.494 e. The molecule has 0 atom stereocenters. The van der Waals surface area contributed by atoms with E-state index < -0.39 is 0 Å². The molecule has 0 spiro atoms. The van der Waals surface area contributed by atoms with E-state index in [0.717, 1.165) is 22.1 Å². The second-order valence-electron chi connectivity index (χ2n) is 4.29. The van der Waals surface area contributed by atoms with Crippen molar-refractivity contribution in [2.75, 3.05) is 24.7 Å². The molecule has 0 aliphatic carbocycles. The van der Waals surface area contributed by atoms with Crippen LogP contribution in [-0.2, 0) is 0 Å². The van der Waals surface area contributed by atoms with Crippen molar-refractivity contribution < 1.29 is 9.47 Å². The number of hydrogen-bond donors (Lipinski definition) is 1. The summed E-state index contributed by atoms with van der Waals surface area (Å²) in [5.41, 5.74) is 6.34. The van der Waals surface area contributed by atoms with E-state index in [2.05, 4.69) is 0 Å². The molecule has 0 bridgehead atoms. The van der Waals surface area contributed by atoms with Gasteiger partial charge in [-0.05, 0) is 49.4 Å². The van der Waals surface area contributed by atoms with Gasteiger partial charge >= 0.3 is 0 Å². The highest BCUT2D eigenvalue weighted by atomic mass is 35.5. The zero-order valence-electron chi connectivity index (χ0n) is 11.8. The molecule has 2 N–H and O–H groups in total. The number of rotatable bonds is 7. The van der Waals surface area contributed by atoms with Crippen molar-refractivity contribution in [2.45, 2.75) is 11.8 Å². The number of thioether (sulfide) groups is 1. The topological polar surface area (TPSA) is 44.5 Å². The second-order valence-corrected chi connectivity index (χ2v) is 5.84. The molecule has 5 heteroatoms. The normalized spacial score (nSPS) is 10.4. The van der Waals surface area contributed by atoms with Crippen LogP contribution in [0.2, 0.25) is 5.02 Å². The number of nitrogen functional groups attached to an aromatic ring is 1. The van der Waals surface area contributed by atoms with Crippen LogP contribution < -0.4 is 15.2 Å². The lowest BCUT2D eigenvalue weighted by Crippen LogP contribution is -2.00. The highest BCUT2D eigenvalue weighted by molar-refractivity contribution is 7.99. The first-order chi connectivity index (χ1) is 10.2. The van der Waals surface area contributed by atoms with E-state index in [0.29, 0.717) is 23.9 Å².